The Morgan fingerprint density at radius 1 is 1.18 bits per heavy atom. The second-order valence-corrected chi connectivity index (χ2v) is 3.79. The maximum Gasteiger partial charge on any atom is 0.144 e. The molecule has 0 bridgehead atoms. The Labute approximate surface area is 101 Å². The first-order chi connectivity index (χ1) is 8.31. The van der Waals surface area contributed by atoms with Crippen molar-refractivity contribution in [3.8, 4) is 6.07 Å². The minimum Gasteiger partial charge on any atom is -0.362 e. The van der Waals surface area contributed by atoms with E-state index in [9.17, 15) is 0 Å². The number of nitrogens with one attached hydrogen (secondary N) is 1. The molecule has 84 valence electrons. The van der Waals surface area contributed by atoms with Gasteiger partial charge in [0, 0.05) is 12.2 Å². The molecule has 0 spiro atoms. The molecule has 0 unspecified atom stereocenters. The van der Waals surface area contributed by atoms with Crippen LogP contribution in [-0.2, 0) is 0 Å². The fourth-order valence-corrected chi connectivity index (χ4v) is 1.64. The van der Waals surface area contributed by atoms with Gasteiger partial charge in [0.2, 0.25) is 0 Å². The minimum atomic E-state index is 0.123. The minimum absolute atomic E-state index is 0.123. The van der Waals surface area contributed by atoms with Crippen molar-refractivity contribution in [1.29, 1.82) is 5.26 Å². The molecule has 0 saturated heterocycles. The number of benzene rings is 1. The van der Waals surface area contributed by atoms with Gasteiger partial charge in [0.15, 0.2) is 0 Å². The van der Waals surface area contributed by atoms with Gasteiger partial charge in [-0.2, -0.15) is 5.26 Å². The number of rotatable bonds is 3. The van der Waals surface area contributed by atoms with Gasteiger partial charge in [-0.15, -0.1) is 0 Å². The first-order valence-corrected chi connectivity index (χ1v) is 5.48. The van der Waals surface area contributed by atoms with Crippen LogP contribution in [0.1, 0.15) is 24.1 Å². The Balaban J connectivity index is 2.19. The molecule has 1 heterocycles. The second-order valence-electron chi connectivity index (χ2n) is 3.79. The number of nitrogens with zero attached hydrogens (tertiary/aromatic N) is 2. The third-order valence-electron chi connectivity index (χ3n) is 2.58. The van der Waals surface area contributed by atoms with Crippen LogP contribution in [0.25, 0.3) is 0 Å². The monoisotopic (exact) mass is 223 g/mol. The number of pyridine rings is 1. The van der Waals surface area contributed by atoms with Gasteiger partial charge in [0.1, 0.15) is 11.9 Å². The van der Waals surface area contributed by atoms with Crippen LogP contribution in [0.3, 0.4) is 0 Å². The lowest BCUT2D eigenvalue weighted by Crippen LogP contribution is -2.08. The standard InChI is InChI=1S/C14H13N3/c1-11(12-6-3-2-4-7-12)17-14-13(10-15)8-5-9-16-14/h2-9,11H,1H3,(H,16,17)/t11-/m1/s1. The van der Waals surface area contributed by atoms with Crippen LogP contribution in [0, 0.1) is 11.3 Å². The molecule has 3 heteroatoms. The molecule has 0 aliphatic rings. The topological polar surface area (TPSA) is 48.7 Å². The summed E-state index contributed by atoms with van der Waals surface area (Å²) in [5.41, 5.74) is 1.73. The van der Waals surface area contributed by atoms with E-state index >= 15 is 0 Å². The van der Waals surface area contributed by atoms with Crippen molar-refractivity contribution in [2.75, 3.05) is 5.32 Å². The van der Waals surface area contributed by atoms with E-state index in [1.165, 1.54) is 5.56 Å². The second kappa shape index (κ2) is 5.13. The van der Waals surface area contributed by atoms with E-state index in [-0.39, 0.29) is 6.04 Å². The summed E-state index contributed by atoms with van der Waals surface area (Å²) >= 11 is 0. The Hall–Kier alpha value is -2.34. The average molecular weight is 223 g/mol. The molecule has 17 heavy (non-hydrogen) atoms. The predicted molar refractivity (Wildman–Crippen MR) is 67.4 cm³/mol. The van der Waals surface area contributed by atoms with Crippen molar-refractivity contribution in [1.82, 2.24) is 4.98 Å². The molecular weight excluding hydrogens is 210 g/mol. The van der Waals surface area contributed by atoms with Crippen molar-refractivity contribution in [3.63, 3.8) is 0 Å². The highest BCUT2D eigenvalue weighted by Crippen LogP contribution is 2.19. The highest BCUT2D eigenvalue weighted by Gasteiger charge is 2.08. The molecule has 2 aromatic rings. The molecule has 0 saturated carbocycles. The van der Waals surface area contributed by atoms with Crippen molar-refractivity contribution in [2.45, 2.75) is 13.0 Å². The largest absolute Gasteiger partial charge is 0.362 e. The zero-order chi connectivity index (χ0) is 12.1. The van der Waals surface area contributed by atoms with Gasteiger partial charge in [-0.25, -0.2) is 4.98 Å². The van der Waals surface area contributed by atoms with E-state index in [1.54, 1.807) is 18.3 Å². The maximum atomic E-state index is 8.97. The highest BCUT2D eigenvalue weighted by atomic mass is 15.0. The molecule has 1 aromatic heterocycles. The number of nitriles is 1. The third kappa shape index (κ3) is 2.61. The lowest BCUT2D eigenvalue weighted by atomic mass is 10.1. The van der Waals surface area contributed by atoms with Crippen LogP contribution in [0.2, 0.25) is 0 Å². The van der Waals surface area contributed by atoms with Crippen LogP contribution < -0.4 is 5.32 Å². The third-order valence-corrected chi connectivity index (χ3v) is 2.58. The molecule has 2 rings (SSSR count). The SMILES string of the molecule is C[C@@H](Nc1ncccc1C#N)c1ccccc1. The zero-order valence-electron chi connectivity index (χ0n) is 9.59. The maximum absolute atomic E-state index is 8.97. The predicted octanol–water partition coefficient (Wildman–Crippen LogP) is 3.13. The zero-order valence-corrected chi connectivity index (χ0v) is 9.59. The van der Waals surface area contributed by atoms with Crippen molar-refractivity contribution >= 4 is 5.82 Å². The molecular formula is C14H13N3. The summed E-state index contributed by atoms with van der Waals surface area (Å²) in [5, 5.41) is 12.2. The molecule has 1 N–H and O–H groups in total. The fraction of sp³-hybridized carbons (Fsp3) is 0.143. The summed E-state index contributed by atoms with van der Waals surface area (Å²) in [5.74, 6) is 0.631. The van der Waals surface area contributed by atoms with Gasteiger partial charge in [-0.05, 0) is 24.6 Å². The normalized spacial score (nSPS) is 11.5. The van der Waals surface area contributed by atoms with Crippen molar-refractivity contribution < 1.29 is 0 Å². The van der Waals surface area contributed by atoms with Crippen LogP contribution in [0.15, 0.2) is 48.7 Å². The van der Waals surface area contributed by atoms with Crippen LogP contribution >= 0.6 is 0 Å². The average Bonchev–Trinajstić information content (AvgIpc) is 2.40. The molecule has 0 aliphatic carbocycles. The summed E-state index contributed by atoms with van der Waals surface area (Å²) in [6.45, 7) is 2.05. The fourth-order valence-electron chi connectivity index (χ4n) is 1.64. The van der Waals surface area contributed by atoms with Gasteiger partial charge in [0.05, 0.1) is 5.56 Å². The first-order valence-electron chi connectivity index (χ1n) is 5.48. The van der Waals surface area contributed by atoms with E-state index in [2.05, 4.69) is 16.4 Å². The smallest absolute Gasteiger partial charge is 0.144 e. The van der Waals surface area contributed by atoms with Crippen LogP contribution in [-0.4, -0.2) is 4.98 Å². The van der Waals surface area contributed by atoms with Crippen LogP contribution in [0.4, 0.5) is 5.82 Å². The van der Waals surface area contributed by atoms with Gasteiger partial charge < -0.3 is 5.32 Å². The quantitative estimate of drug-likeness (QED) is 0.869. The van der Waals surface area contributed by atoms with E-state index in [0.29, 0.717) is 11.4 Å². The molecule has 0 amide bonds. The summed E-state index contributed by atoms with van der Waals surface area (Å²) in [6.07, 6.45) is 1.68. The van der Waals surface area contributed by atoms with Crippen molar-refractivity contribution in [3.05, 3.63) is 59.8 Å². The van der Waals surface area contributed by atoms with Crippen molar-refractivity contribution in [2.24, 2.45) is 0 Å². The Morgan fingerprint density at radius 2 is 1.94 bits per heavy atom. The summed E-state index contributed by atoms with van der Waals surface area (Å²) in [6, 6.07) is 15.8. The Morgan fingerprint density at radius 3 is 2.65 bits per heavy atom. The first kappa shape index (κ1) is 11.2. The molecule has 0 aliphatic heterocycles. The summed E-state index contributed by atoms with van der Waals surface area (Å²) < 4.78 is 0. The number of aromatic nitrogens is 1. The van der Waals surface area contributed by atoms with Gasteiger partial charge in [0.25, 0.3) is 0 Å². The van der Waals surface area contributed by atoms with Gasteiger partial charge >= 0.3 is 0 Å². The number of hydrogen-bond acceptors (Lipinski definition) is 3. The van der Waals surface area contributed by atoms with Gasteiger partial charge in [-0.1, -0.05) is 30.3 Å². The molecule has 1 atom stereocenters. The van der Waals surface area contributed by atoms with Crippen LogP contribution in [0.5, 0.6) is 0 Å². The van der Waals surface area contributed by atoms with E-state index in [1.807, 2.05) is 37.3 Å². The summed E-state index contributed by atoms with van der Waals surface area (Å²) in [7, 11) is 0. The lowest BCUT2D eigenvalue weighted by molar-refractivity contribution is 0.873. The number of hydrogen-bond donors (Lipinski definition) is 1. The molecule has 3 nitrogen and oxygen atoms in total. The highest BCUT2D eigenvalue weighted by molar-refractivity contribution is 5.52. The lowest BCUT2D eigenvalue weighted by Gasteiger charge is -2.15. The molecule has 0 radical (unpaired) electrons. The Bertz CT molecular complexity index is 529. The summed E-state index contributed by atoms with van der Waals surface area (Å²) in [4.78, 5) is 4.18. The van der Waals surface area contributed by atoms with E-state index in [4.69, 9.17) is 5.26 Å². The van der Waals surface area contributed by atoms with E-state index in [0.717, 1.165) is 0 Å². The number of anilines is 1. The van der Waals surface area contributed by atoms with E-state index < -0.39 is 0 Å². The molecule has 1 aromatic carbocycles. The van der Waals surface area contributed by atoms with Gasteiger partial charge in [-0.3, -0.25) is 0 Å². The molecule has 0 fully saturated rings. The Kier molecular flexibility index (Phi) is 3.37.